The minimum absolute atomic E-state index is 0.208. The summed E-state index contributed by atoms with van der Waals surface area (Å²) in [5.41, 5.74) is 1.12. The highest BCUT2D eigenvalue weighted by molar-refractivity contribution is 5.83. The van der Waals surface area contributed by atoms with Gasteiger partial charge in [-0.25, -0.2) is 4.98 Å². The van der Waals surface area contributed by atoms with Gasteiger partial charge in [0.2, 0.25) is 5.91 Å². The molecule has 1 amide bonds. The van der Waals surface area contributed by atoms with Gasteiger partial charge in [0.25, 0.3) is 0 Å². The van der Waals surface area contributed by atoms with Crippen molar-refractivity contribution in [2.75, 3.05) is 33.2 Å². The summed E-state index contributed by atoms with van der Waals surface area (Å²) in [6.07, 6.45) is 8.78. The maximum atomic E-state index is 13.4. The lowest BCUT2D eigenvalue weighted by Gasteiger charge is -2.53. The number of aromatic nitrogens is 2. The molecule has 2 aromatic rings. The van der Waals surface area contributed by atoms with Gasteiger partial charge in [0.1, 0.15) is 5.82 Å². The van der Waals surface area contributed by atoms with E-state index < -0.39 is 0 Å². The molecule has 2 atom stereocenters. The van der Waals surface area contributed by atoms with Crippen LogP contribution in [-0.2, 0) is 17.8 Å². The van der Waals surface area contributed by atoms with Crippen LogP contribution in [-0.4, -0.2) is 64.9 Å². The number of piperidine rings is 2. The van der Waals surface area contributed by atoms with E-state index in [1.165, 1.54) is 5.56 Å². The fourth-order valence-electron chi connectivity index (χ4n) is 5.14. The molecule has 2 N–H and O–H groups in total. The largest absolute Gasteiger partial charge is 0.348 e. The average Bonchev–Trinajstić information content (AvgIpc) is 3.27. The maximum Gasteiger partial charge on any atom is 0.228 e. The third-order valence-electron chi connectivity index (χ3n) is 6.75. The zero-order valence-electron chi connectivity index (χ0n) is 17.4. The summed E-state index contributed by atoms with van der Waals surface area (Å²) in [5, 5.41) is 3.18. The van der Waals surface area contributed by atoms with Crippen molar-refractivity contribution in [1.29, 1.82) is 0 Å². The van der Waals surface area contributed by atoms with E-state index in [9.17, 15) is 4.79 Å². The molecular formula is C23H33N5O. The zero-order chi connectivity index (χ0) is 20.1. The van der Waals surface area contributed by atoms with E-state index >= 15 is 0 Å². The third kappa shape index (κ3) is 4.54. The molecule has 2 fully saturated rings. The molecule has 0 unspecified atom stereocenters. The van der Waals surface area contributed by atoms with Crippen molar-refractivity contribution < 1.29 is 4.79 Å². The molecule has 0 spiro atoms. The first-order chi connectivity index (χ1) is 14.2. The molecule has 156 valence electrons. The third-order valence-corrected chi connectivity index (χ3v) is 6.75. The minimum Gasteiger partial charge on any atom is -0.348 e. The fraction of sp³-hybridized carbons (Fsp3) is 0.565. The van der Waals surface area contributed by atoms with Gasteiger partial charge in [-0.2, -0.15) is 0 Å². The van der Waals surface area contributed by atoms with Crippen LogP contribution in [0.5, 0.6) is 0 Å². The monoisotopic (exact) mass is 395 g/mol. The number of amides is 1. The summed E-state index contributed by atoms with van der Waals surface area (Å²) in [6.45, 7) is 4.59. The van der Waals surface area contributed by atoms with E-state index in [0.29, 0.717) is 12.6 Å². The van der Waals surface area contributed by atoms with Gasteiger partial charge in [0.05, 0.1) is 12.0 Å². The number of H-pyrrole nitrogens is 1. The number of hydrogen-bond donors (Lipinski definition) is 2. The highest BCUT2D eigenvalue weighted by Gasteiger charge is 2.51. The van der Waals surface area contributed by atoms with Gasteiger partial charge < -0.3 is 15.2 Å². The van der Waals surface area contributed by atoms with Crippen LogP contribution < -0.4 is 5.32 Å². The molecule has 2 saturated heterocycles. The molecule has 0 bridgehead atoms. The molecule has 6 heteroatoms. The Morgan fingerprint density at radius 1 is 1.28 bits per heavy atom. The summed E-state index contributed by atoms with van der Waals surface area (Å²) >= 11 is 0. The molecule has 0 radical (unpaired) electrons. The number of benzene rings is 1. The van der Waals surface area contributed by atoms with Gasteiger partial charge in [0.15, 0.2) is 0 Å². The number of likely N-dealkylation sites (tertiary alicyclic amines) is 2. The van der Waals surface area contributed by atoms with Crippen LogP contribution in [0, 0.1) is 5.41 Å². The zero-order valence-corrected chi connectivity index (χ0v) is 17.4. The highest BCUT2D eigenvalue weighted by Crippen LogP contribution is 2.42. The van der Waals surface area contributed by atoms with Crippen molar-refractivity contribution in [1.82, 2.24) is 25.1 Å². The Morgan fingerprint density at radius 3 is 2.93 bits per heavy atom. The number of rotatable bonds is 7. The first-order valence-corrected chi connectivity index (χ1v) is 10.9. The van der Waals surface area contributed by atoms with Crippen LogP contribution >= 0.6 is 0 Å². The summed E-state index contributed by atoms with van der Waals surface area (Å²) in [5.74, 6) is 1.02. The Bertz CT molecular complexity index is 778. The lowest BCUT2D eigenvalue weighted by Crippen LogP contribution is -2.65. The SMILES string of the molecule is CN1CC[C@]2(C(=O)NCc3ncc[nH]3)CCCN(CCCc3ccccc3)[C@H]2C1. The summed E-state index contributed by atoms with van der Waals surface area (Å²) < 4.78 is 0. The number of nitrogens with zero attached hydrogens (tertiary/aromatic N) is 3. The van der Waals surface area contributed by atoms with Crippen LogP contribution in [0.3, 0.4) is 0 Å². The number of fused-ring (bicyclic) bond motifs is 1. The Hall–Kier alpha value is -2.18. The number of hydrogen-bond acceptors (Lipinski definition) is 4. The molecule has 2 aliphatic heterocycles. The second kappa shape index (κ2) is 9.09. The number of aromatic amines is 1. The van der Waals surface area contributed by atoms with E-state index in [0.717, 1.165) is 64.1 Å². The van der Waals surface area contributed by atoms with Gasteiger partial charge in [-0.15, -0.1) is 0 Å². The number of aryl methyl sites for hydroxylation is 1. The average molecular weight is 396 g/mol. The molecular weight excluding hydrogens is 362 g/mol. The molecule has 1 aromatic carbocycles. The van der Waals surface area contributed by atoms with Crippen LogP contribution in [0.15, 0.2) is 42.7 Å². The summed E-state index contributed by atoms with van der Waals surface area (Å²) in [4.78, 5) is 25.7. The van der Waals surface area contributed by atoms with Gasteiger partial charge in [0, 0.05) is 25.0 Å². The fourth-order valence-corrected chi connectivity index (χ4v) is 5.14. The molecule has 0 aliphatic carbocycles. The minimum atomic E-state index is -0.274. The smallest absolute Gasteiger partial charge is 0.228 e. The van der Waals surface area contributed by atoms with Crippen molar-refractivity contribution in [3.05, 3.63) is 54.1 Å². The predicted octanol–water partition coefficient (Wildman–Crippen LogP) is 2.44. The van der Waals surface area contributed by atoms with E-state index in [1.54, 1.807) is 12.4 Å². The van der Waals surface area contributed by atoms with Crippen LogP contribution in [0.1, 0.15) is 37.1 Å². The predicted molar refractivity (Wildman–Crippen MR) is 114 cm³/mol. The van der Waals surface area contributed by atoms with Gasteiger partial charge in [-0.3, -0.25) is 9.69 Å². The van der Waals surface area contributed by atoms with Gasteiger partial charge in [-0.1, -0.05) is 30.3 Å². The van der Waals surface area contributed by atoms with Crippen LogP contribution in [0.25, 0.3) is 0 Å². The van der Waals surface area contributed by atoms with Crippen LogP contribution in [0.4, 0.5) is 0 Å². The topological polar surface area (TPSA) is 64.3 Å². The van der Waals surface area contributed by atoms with E-state index in [1.807, 2.05) is 0 Å². The van der Waals surface area contributed by atoms with E-state index in [-0.39, 0.29) is 11.3 Å². The quantitative estimate of drug-likeness (QED) is 0.756. The Labute approximate surface area is 173 Å². The van der Waals surface area contributed by atoms with Crippen molar-refractivity contribution in [3.63, 3.8) is 0 Å². The summed E-state index contributed by atoms with van der Waals surface area (Å²) in [7, 11) is 2.18. The number of carbonyl (C=O) groups is 1. The van der Waals surface area contributed by atoms with Crippen molar-refractivity contribution in [3.8, 4) is 0 Å². The number of nitrogens with one attached hydrogen (secondary N) is 2. The first kappa shape index (κ1) is 20.1. The lowest BCUT2D eigenvalue weighted by atomic mass is 9.67. The highest BCUT2D eigenvalue weighted by atomic mass is 16.2. The molecule has 3 heterocycles. The maximum absolute atomic E-state index is 13.4. The Kier molecular flexibility index (Phi) is 6.31. The number of imidazole rings is 1. The van der Waals surface area contributed by atoms with Crippen molar-refractivity contribution >= 4 is 5.91 Å². The van der Waals surface area contributed by atoms with Gasteiger partial charge in [-0.05, 0) is 64.3 Å². The van der Waals surface area contributed by atoms with Crippen LogP contribution in [0.2, 0.25) is 0 Å². The second-order valence-corrected chi connectivity index (χ2v) is 8.63. The lowest BCUT2D eigenvalue weighted by molar-refractivity contribution is -0.144. The molecule has 29 heavy (non-hydrogen) atoms. The molecule has 0 saturated carbocycles. The second-order valence-electron chi connectivity index (χ2n) is 8.63. The normalized spacial score (nSPS) is 25.5. The number of carbonyl (C=O) groups excluding carboxylic acids is 1. The molecule has 2 aliphatic rings. The van der Waals surface area contributed by atoms with E-state index in [2.05, 4.69) is 62.5 Å². The van der Waals surface area contributed by atoms with E-state index in [4.69, 9.17) is 0 Å². The number of likely N-dealkylation sites (N-methyl/N-ethyl adjacent to an activating group) is 1. The van der Waals surface area contributed by atoms with Crippen molar-refractivity contribution in [2.45, 2.75) is 44.7 Å². The standard InChI is InChI=1S/C23H33N5O/c1-27-16-11-23(22(29)26-17-21-24-12-13-25-21)10-6-15-28(20(23)18-27)14-5-9-19-7-3-2-4-8-19/h2-4,7-8,12-13,20H,5-6,9-11,14-18H2,1H3,(H,24,25)(H,26,29)/t20-,23+/m0/s1. The molecule has 4 rings (SSSR count). The van der Waals surface area contributed by atoms with Crippen molar-refractivity contribution in [2.24, 2.45) is 5.41 Å². The molecule has 1 aromatic heterocycles. The molecule has 6 nitrogen and oxygen atoms in total. The first-order valence-electron chi connectivity index (χ1n) is 10.9. The summed E-state index contributed by atoms with van der Waals surface area (Å²) in [6, 6.07) is 11.0. The Morgan fingerprint density at radius 2 is 2.14 bits per heavy atom. The van der Waals surface area contributed by atoms with Gasteiger partial charge >= 0.3 is 0 Å². The Balaban J connectivity index is 1.42.